The second-order valence-corrected chi connectivity index (χ2v) is 8.56. The lowest BCUT2D eigenvalue weighted by molar-refractivity contribution is 0.0610. The molecular weight excluding hydrogens is 314 g/mol. The summed E-state index contributed by atoms with van der Waals surface area (Å²) >= 11 is 0. The summed E-state index contributed by atoms with van der Waals surface area (Å²) in [6, 6.07) is 0. The van der Waals surface area contributed by atoms with E-state index in [1.807, 2.05) is 20.8 Å². The van der Waals surface area contributed by atoms with Gasteiger partial charge in [-0.1, -0.05) is 6.92 Å². The van der Waals surface area contributed by atoms with Gasteiger partial charge < -0.3 is 4.90 Å². The van der Waals surface area contributed by atoms with E-state index >= 15 is 0 Å². The van der Waals surface area contributed by atoms with Crippen LogP contribution in [0.4, 0.5) is 0 Å². The summed E-state index contributed by atoms with van der Waals surface area (Å²) in [5.41, 5.74) is -0.0599. The van der Waals surface area contributed by atoms with Crippen molar-refractivity contribution in [3.63, 3.8) is 0 Å². The number of rotatable bonds is 5. The molecule has 8 heteroatoms. The minimum absolute atomic E-state index is 0.104. The van der Waals surface area contributed by atoms with E-state index < -0.39 is 20.5 Å². The maximum Gasteiger partial charge on any atom is 0.275 e. The van der Waals surface area contributed by atoms with Crippen LogP contribution in [-0.4, -0.2) is 42.0 Å². The Hall–Kier alpha value is -1.08. The Labute approximate surface area is 129 Å². The van der Waals surface area contributed by atoms with Crippen molar-refractivity contribution in [1.29, 1.82) is 0 Å². The van der Waals surface area contributed by atoms with E-state index in [1.54, 1.807) is 7.05 Å². The smallest absolute Gasteiger partial charge is 0.275 e. The highest BCUT2D eigenvalue weighted by Crippen LogP contribution is 2.43. The van der Waals surface area contributed by atoms with E-state index in [2.05, 4.69) is 10.2 Å². The van der Waals surface area contributed by atoms with Crippen LogP contribution in [-0.2, 0) is 9.05 Å². The molecule has 0 atom stereocenters. The summed E-state index contributed by atoms with van der Waals surface area (Å²) in [4.78, 5) is 13.9. The van der Waals surface area contributed by atoms with Crippen LogP contribution in [0.2, 0.25) is 0 Å². The van der Waals surface area contributed by atoms with Gasteiger partial charge in [0.25, 0.3) is 15.0 Å². The summed E-state index contributed by atoms with van der Waals surface area (Å²) in [5, 5.41) is 6.62. The first-order valence-corrected chi connectivity index (χ1v) is 9.21. The Balaban J connectivity index is 2.47. The number of hydrogen-bond donors (Lipinski definition) is 1. The fourth-order valence-corrected chi connectivity index (χ4v) is 3.36. The van der Waals surface area contributed by atoms with Gasteiger partial charge in [-0.15, -0.1) is 0 Å². The Morgan fingerprint density at radius 3 is 2.48 bits per heavy atom. The molecule has 1 amide bonds. The Bertz CT molecular complexity index is 662. The highest BCUT2D eigenvalue weighted by molar-refractivity contribution is 8.13. The number of nitrogens with zero attached hydrogens (tertiary/aromatic N) is 2. The molecule has 118 valence electrons. The van der Waals surface area contributed by atoms with Crippen molar-refractivity contribution in [2.75, 3.05) is 7.05 Å². The fourth-order valence-electron chi connectivity index (χ4n) is 2.06. The highest BCUT2D eigenvalue weighted by Gasteiger charge is 2.38. The molecule has 0 radical (unpaired) electrons. The number of carbonyl (C=O) groups excluding carboxylic acids is 1. The first-order valence-electron chi connectivity index (χ1n) is 6.90. The first-order chi connectivity index (χ1) is 9.59. The van der Waals surface area contributed by atoms with Crippen LogP contribution in [0.3, 0.4) is 0 Å². The lowest BCUT2D eigenvalue weighted by Gasteiger charge is -2.34. The number of nitrogens with one attached hydrogen (secondary N) is 1. The van der Waals surface area contributed by atoms with E-state index in [1.165, 1.54) is 4.90 Å². The van der Waals surface area contributed by atoms with Gasteiger partial charge in [0.2, 0.25) is 0 Å². The number of carbonyl (C=O) groups is 1. The van der Waals surface area contributed by atoms with E-state index in [-0.39, 0.29) is 16.5 Å². The fraction of sp³-hybridized carbons (Fsp3) is 0.692. The quantitative estimate of drug-likeness (QED) is 0.839. The predicted molar refractivity (Wildman–Crippen MR) is 80.1 cm³/mol. The van der Waals surface area contributed by atoms with Crippen LogP contribution in [0.1, 0.15) is 62.1 Å². The minimum Gasteiger partial charge on any atom is -0.335 e. The van der Waals surface area contributed by atoms with Gasteiger partial charge in [0.1, 0.15) is 4.90 Å². The summed E-state index contributed by atoms with van der Waals surface area (Å²) < 4.78 is 23.7. The average molecular weight is 334 g/mol. The largest absolute Gasteiger partial charge is 0.335 e. The first kappa shape index (κ1) is 16.3. The molecule has 1 N–H and O–H groups in total. The molecule has 1 fully saturated rings. The maximum atomic E-state index is 12.6. The molecule has 1 aromatic rings. The third-order valence-corrected chi connectivity index (χ3v) is 5.62. The zero-order chi connectivity index (χ0) is 16.0. The van der Waals surface area contributed by atoms with E-state index in [4.69, 9.17) is 10.7 Å². The summed E-state index contributed by atoms with van der Waals surface area (Å²) in [6.45, 7) is 5.78. The van der Waals surface area contributed by atoms with Crippen LogP contribution in [0.15, 0.2) is 4.90 Å². The number of aromatic amines is 1. The molecule has 0 bridgehead atoms. The third-order valence-electron chi connectivity index (χ3n) is 4.26. The van der Waals surface area contributed by atoms with Crippen molar-refractivity contribution in [2.45, 2.75) is 56.4 Å². The molecule has 0 unspecified atom stereocenters. The molecule has 0 spiro atoms. The summed E-state index contributed by atoms with van der Waals surface area (Å²) in [5.74, 6) is -0.337. The number of hydrogen-bond acceptors (Lipinski definition) is 4. The lowest BCUT2D eigenvalue weighted by atomic mass is 9.99. The summed E-state index contributed by atoms with van der Waals surface area (Å²) in [7, 11) is 3.14. The second kappa shape index (κ2) is 5.28. The van der Waals surface area contributed by atoms with Crippen LogP contribution in [0.5, 0.6) is 0 Å². The molecular formula is C13H20ClN3O3S. The average Bonchev–Trinajstić information content (AvgIpc) is 3.14. The molecule has 1 aliphatic rings. The van der Waals surface area contributed by atoms with Crippen LogP contribution < -0.4 is 0 Å². The molecule has 0 saturated heterocycles. The van der Waals surface area contributed by atoms with Crippen molar-refractivity contribution in [3.8, 4) is 0 Å². The number of amides is 1. The number of H-pyrrole nitrogens is 1. The molecule has 0 aliphatic heterocycles. The van der Waals surface area contributed by atoms with Gasteiger partial charge >= 0.3 is 0 Å². The van der Waals surface area contributed by atoms with Crippen LogP contribution in [0.25, 0.3) is 0 Å². The van der Waals surface area contributed by atoms with Gasteiger partial charge in [0.15, 0.2) is 5.69 Å². The van der Waals surface area contributed by atoms with Gasteiger partial charge in [0, 0.05) is 29.2 Å². The predicted octanol–water partition coefficient (Wildman–Crippen LogP) is 2.48. The van der Waals surface area contributed by atoms with Crippen molar-refractivity contribution in [3.05, 3.63) is 11.4 Å². The van der Waals surface area contributed by atoms with Gasteiger partial charge in [-0.25, -0.2) is 8.42 Å². The molecule has 1 aliphatic carbocycles. The number of halogens is 1. The highest BCUT2D eigenvalue weighted by atomic mass is 35.7. The zero-order valence-corrected chi connectivity index (χ0v) is 14.2. The van der Waals surface area contributed by atoms with Gasteiger partial charge in [-0.05, 0) is 33.1 Å². The Kier molecular flexibility index (Phi) is 4.10. The molecule has 1 heterocycles. The standard InChI is InChI=1S/C13H20ClN3O3S/c1-5-13(2,3)17(4)12(18)10-11(21(14,19)20)9(15-16-10)8-6-7-8/h8H,5-7H2,1-4H3,(H,15,16). The van der Waals surface area contributed by atoms with Gasteiger partial charge in [0.05, 0.1) is 5.69 Å². The Morgan fingerprint density at radius 1 is 1.48 bits per heavy atom. The van der Waals surface area contributed by atoms with E-state index in [0.717, 1.165) is 19.3 Å². The third kappa shape index (κ3) is 3.08. The normalized spacial score (nSPS) is 16.0. The van der Waals surface area contributed by atoms with Crippen LogP contribution in [0, 0.1) is 0 Å². The van der Waals surface area contributed by atoms with Crippen molar-refractivity contribution in [2.24, 2.45) is 0 Å². The van der Waals surface area contributed by atoms with Gasteiger partial charge in [-0.2, -0.15) is 5.10 Å². The molecule has 2 rings (SSSR count). The maximum absolute atomic E-state index is 12.6. The lowest BCUT2D eigenvalue weighted by Crippen LogP contribution is -2.44. The van der Waals surface area contributed by atoms with E-state index in [9.17, 15) is 13.2 Å². The van der Waals surface area contributed by atoms with E-state index in [0.29, 0.717) is 5.69 Å². The molecule has 6 nitrogen and oxygen atoms in total. The van der Waals surface area contributed by atoms with Crippen molar-refractivity contribution >= 4 is 25.6 Å². The van der Waals surface area contributed by atoms with Gasteiger partial charge in [-0.3, -0.25) is 9.89 Å². The van der Waals surface area contributed by atoms with Crippen molar-refractivity contribution in [1.82, 2.24) is 15.1 Å². The monoisotopic (exact) mass is 333 g/mol. The molecule has 1 aromatic heterocycles. The zero-order valence-electron chi connectivity index (χ0n) is 12.6. The summed E-state index contributed by atoms with van der Waals surface area (Å²) in [6.07, 6.45) is 2.50. The SMILES string of the molecule is CCC(C)(C)N(C)C(=O)c1n[nH]c(C2CC2)c1S(=O)(=O)Cl. The molecule has 21 heavy (non-hydrogen) atoms. The Morgan fingerprint density at radius 2 is 2.05 bits per heavy atom. The molecule has 1 saturated carbocycles. The second-order valence-electron chi connectivity index (χ2n) is 6.06. The number of aromatic nitrogens is 2. The molecule has 0 aromatic carbocycles. The van der Waals surface area contributed by atoms with Crippen LogP contribution >= 0.6 is 10.7 Å². The van der Waals surface area contributed by atoms with Crippen molar-refractivity contribution < 1.29 is 13.2 Å². The minimum atomic E-state index is -4.03. The topological polar surface area (TPSA) is 83.1 Å².